The van der Waals surface area contributed by atoms with Crippen molar-refractivity contribution in [1.82, 2.24) is 4.98 Å². The maximum absolute atomic E-state index is 11.8. The molecular weight excluding hydrogens is 206 g/mol. The molecule has 4 heteroatoms. The summed E-state index contributed by atoms with van der Waals surface area (Å²) in [6, 6.07) is 4.84. The van der Waals surface area contributed by atoms with Gasteiger partial charge < -0.3 is 10.1 Å². The average molecular weight is 217 g/mol. The lowest BCUT2D eigenvalue weighted by atomic mass is 10.0. The molecule has 0 unspecified atom stereocenters. The number of H-pyrrole nitrogens is 1. The third-order valence-corrected chi connectivity index (χ3v) is 2.63. The molecular formula is C12H11NO3. The van der Waals surface area contributed by atoms with Gasteiger partial charge in [0.1, 0.15) is 5.69 Å². The Balaban J connectivity index is 2.98. The molecule has 16 heavy (non-hydrogen) atoms. The third-order valence-electron chi connectivity index (χ3n) is 2.63. The molecule has 0 aliphatic rings. The molecule has 4 nitrogen and oxygen atoms in total. The van der Waals surface area contributed by atoms with E-state index in [1.807, 2.05) is 26.0 Å². The zero-order valence-corrected chi connectivity index (χ0v) is 9.00. The minimum Gasteiger partial charge on any atom is -0.477 e. The largest absolute Gasteiger partial charge is 0.477 e. The normalized spacial score (nSPS) is 10.6. The Morgan fingerprint density at radius 2 is 1.88 bits per heavy atom. The number of aryl methyl sites for hydroxylation is 2. The molecule has 1 aromatic carbocycles. The van der Waals surface area contributed by atoms with Gasteiger partial charge in [-0.3, -0.25) is 4.79 Å². The van der Waals surface area contributed by atoms with E-state index < -0.39 is 5.97 Å². The number of aromatic nitrogens is 1. The van der Waals surface area contributed by atoms with Crippen LogP contribution in [-0.2, 0) is 0 Å². The number of hydrogen-bond donors (Lipinski definition) is 2. The van der Waals surface area contributed by atoms with Crippen molar-refractivity contribution in [2.24, 2.45) is 0 Å². The van der Waals surface area contributed by atoms with Gasteiger partial charge in [0.2, 0.25) is 0 Å². The molecule has 0 amide bonds. The lowest BCUT2D eigenvalue weighted by Crippen LogP contribution is -2.11. The number of hydrogen-bond acceptors (Lipinski definition) is 2. The molecule has 0 aliphatic heterocycles. The van der Waals surface area contributed by atoms with Crippen LogP contribution in [0.15, 0.2) is 23.0 Å². The van der Waals surface area contributed by atoms with Gasteiger partial charge in [0.25, 0.3) is 0 Å². The summed E-state index contributed by atoms with van der Waals surface area (Å²) < 4.78 is 0. The van der Waals surface area contributed by atoms with Gasteiger partial charge in [-0.05, 0) is 25.0 Å². The highest BCUT2D eigenvalue weighted by atomic mass is 16.4. The van der Waals surface area contributed by atoms with E-state index >= 15 is 0 Å². The Bertz CT molecular complexity index is 640. The first-order valence-corrected chi connectivity index (χ1v) is 4.87. The minimum atomic E-state index is -1.13. The van der Waals surface area contributed by atoms with E-state index in [-0.39, 0.29) is 11.1 Å². The summed E-state index contributed by atoms with van der Waals surface area (Å²) in [6.07, 6.45) is 0. The van der Waals surface area contributed by atoms with Gasteiger partial charge in [0.15, 0.2) is 5.43 Å². The molecule has 82 valence electrons. The number of nitrogens with one attached hydrogen (secondary N) is 1. The van der Waals surface area contributed by atoms with Gasteiger partial charge in [-0.15, -0.1) is 0 Å². The smallest absolute Gasteiger partial charge is 0.352 e. The maximum atomic E-state index is 11.8. The van der Waals surface area contributed by atoms with Crippen LogP contribution >= 0.6 is 0 Å². The standard InChI is InChI=1S/C12H11NO3/c1-6-3-4-7(2)11-10(6)9(14)5-8(13-11)12(15)16/h3-5H,1-2H3,(H,13,14)(H,15,16). The first-order valence-electron chi connectivity index (χ1n) is 4.87. The molecule has 0 saturated carbocycles. The second-order valence-corrected chi connectivity index (χ2v) is 3.80. The number of fused-ring (bicyclic) bond motifs is 1. The Morgan fingerprint density at radius 3 is 2.50 bits per heavy atom. The number of aromatic carboxylic acids is 1. The maximum Gasteiger partial charge on any atom is 0.352 e. The first-order chi connectivity index (χ1) is 7.50. The van der Waals surface area contributed by atoms with Gasteiger partial charge in [0, 0.05) is 11.5 Å². The molecule has 2 N–H and O–H groups in total. The van der Waals surface area contributed by atoms with Gasteiger partial charge >= 0.3 is 5.97 Å². The van der Waals surface area contributed by atoms with E-state index in [0.29, 0.717) is 10.9 Å². The predicted octanol–water partition coefficient (Wildman–Crippen LogP) is 1.84. The fourth-order valence-corrected chi connectivity index (χ4v) is 1.78. The van der Waals surface area contributed by atoms with Crippen molar-refractivity contribution in [3.63, 3.8) is 0 Å². The molecule has 1 aromatic heterocycles. The third kappa shape index (κ3) is 1.48. The summed E-state index contributed by atoms with van der Waals surface area (Å²) in [5, 5.41) is 9.42. The first kappa shape index (κ1) is 10.4. The van der Waals surface area contributed by atoms with Crippen LogP contribution in [0.2, 0.25) is 0 Å². The van der Waals surface area contributed by atoms with Crippen LogP contribution in [0.5, 0.6) is 0 Å². The molecule has 1 heterocycles. The van der Waals surface area contributed by atoms with Crippen LogP contribution < -0.4 is 5.43 Å². The second-order valence-electron chi connectivity index (χ2n) is 3.80. The summed E-state index contributed by atoms with van der Waals surface area (Å²) in [4.78, 5) is 25.4. The summed E-state index contributed by atoms with van der Waals surface area (Å²) in [7, 11) is 0. The minimum absolute atomic E-state index is 0.0776. The van der Waals surface area contributed by atoms with E-state index in [0.717, 1.165) is 17.2 Å². The zero-order chi connectivity index (χ0) is 11.9. The lowest BCUT2D eigenvalue weighted by molar-refractivity contribution is 0.0691. The summed E-state index contributed by atoms with van der Waals surface area (Å²) in [6.45, 7) is 3.67. The van der Waals surface area contributed by atoms with Crippen molar-refractivity contribution in [2.75, 3.05) is 0 Å². The van der Waals surface area contributed by atoms with Crippen LogP contribution in [-0.4, -0.2) is 16.1 Å². The number of carboxylic acids is 1. The fraction of sp³-hybridized carbons (Fsp3) is 0.167. The molecule has 2 rings (SSSR count). The van der Waals surface area contributed by atoms with Crippen molar-refractivity contribution >= 4 is 16.9 Å². The van der Waals surface area contributed by atoms with E-state index in [9.17, 15) is 9.59 Å². The van der Waals surface area contributed by atoms with Crippen molar-refractivity contribution < 1.29 is 9.90 Å². The van der Waals surface area contributed by atoms with E-state index in [1.165, 1.54) is 0 Å². The van der Waals surface area contributed by atoms with Gasteiger partial charge in [-0.2, -0.15) is 0 Å². The highest BCUT2D eigenvalue weighted by Crippen LogP contribution is 2.17. The number of aromatic amines is 1. The number of benzene rings is 1. The molecule has 0 radical (unpaired) electrons. The molecule has 0 aliphatic carbocycles. The van der Waals surface area contributed by atoms with Gasteiger partial charge in [-0.25, -0.2) is 4.79 Å². The van der Waals surface area contributed by atoms with Gasteiger partial charge in [0.05, 0.1) is 5.52 Å². The molecule has 0 spiro atoms. The van der Waals surface area contributed by atoms with Crippen LogP contribution in [0, 0.1) is 13.8 Å². The average Bonchev–Trinajstić information content (AvgIpc) is 2.22. The van der Waals surface area contributed by atoms with E-state index in [4.69, 9.17) is 5.11 Å². The Morgan fingerprint density at radius 1 is 1.25 bits per heavy atom. The number of rotatable bonds is 1. The molecule has 0 saturated heterocycles. The predicted molar refractivity (Wildman–Crippen MR) is 61.0 cm³/mol. The monoisotopic (exact) mass is 217 g/mol. The Hall–Kier alpha value is -2.10. The number of pyridine rings is 1. The summed E-state index contributed by atoms with van der Waals surface area (Å²) >= 11 is 0. The topological polar surface area (TPSA) is 70.2 Å². The van der Waals surface area contributed by atoms with Crippen LogP contribution in [0.25, 0.3) is 10.9 Å². The van der Waals surface area contributed by atoms with Crippen molar-refractivity contribution in [3.05, 3.63) is 45.2 Å². The zero-order valence-electron chi connectivity index (χ0n) is 9.00. The van der Waals surface area contributed by atoms with Crippen molar-refractivity contribution in [3.8, 4) is 0 Å². The quantitative estimate of drug-likeness (QED) is 0.765. The van der Waals surface area contributed by atoms with Crippen LogP contribution in [0.1, 0.15) is 21.6 Å². The molecule has 0 atom stereocenters. The number of carboxylic acid groups (broad SMARTS) is 1. The number of carbonyl (C=O) groups is 1. The van der Waals surface area contributed by atoms with E-state index in [1.54, 1.807) is 0 Å². The van der Waals surface area contributed by atoms with Gasteiger partial charge in [-0.1, -0.05) is 12.1 Å². The Kier molecular flexibility index (Phi) is 2.27. The fourth-order valence-electron chi connectivity index (χ4n) is 1.78. The highest BCUT2D eigenvalue weighted by Gasteiger charge is 2.10. The molecule has 0 bridgehead atoms. The second kappa shape index (κ2) is 3.48. The molecule has 2 aromatic rings. The summed E-state index contributed by atoms with van der Waals surface area (Å²) in [5.41, 5.74) is 1.98. The summed E-state index contributed by atoms with van der Waals surface area (Å²) in [5.74, 6) is -1.13. The lowest BCUT2D eigenvalue weighted by Gasteiger charge is -2.06. The van der Waals surface area contributed by atoms with E-state index in [2.05, 4.69) is 4.98 Å². The SMILES string of the molecule is Cc1ccc(C)c2c(=O)cc(C(=O)O)[nH]c12. The highest BCUT2D eigenvalue weighted by molar-refractivity contribution is 5.91. The van der Waals surface area contributed by atoms with Crippen molar-refractivity contribution in [2.45, 2.75) is 13.8 Å². The van der Waals surface area contributed by atoms with Crippen molar-refractivity contribution in [1.29, 1.82) is 0 Å². The van der Waals surface area contributed by atoms with Crippen LogP contribution in [0.3, 0.4) is 0 Å². The van der Waals surface area contributed by atoms with Crippen LogP contribution in [0.4, 0.5) is 0 Å². The molecule has 0 fully saturated rings. The Labute approximate surface area is 91.5 Å².